The highest BCUT2D eigenvalue weighted by Crippen LogP contribution is 2.16. The van der Waals surface area contributed by atoms with E-state index in [1.807, 2.05) is 25.3 Å². The summed E-state index contributed by atoms with van der Waals surface area (Å²) in [5.41, 5.74) is 6.85. The Morgan fingerprint density at radius 3 is 2.89 bits per heavy atom. The van der Waals surface area contributed by atoms with Crippen LogP contribution in [0.1, 0.15) is 42.0 Å². The minimum Gasteiger partial charge on any atom is -0.444 e. The number of anilines is 1. The van der Waals surface area contributed by atoms with Gasteiger partial charge in [-0.05, 0) is 26.8 Å². The molecule has 1 amide bonds. The van der Waals surface area contributed by atoms with Crippen molar-refractivity contribution in [2.24, 2.45) is 0 Å². The predicted octanol–water partition coefficient (Wildman–Crippen LogP) is 1.88. The average molecular weight is 262 g/mol. The summed E-state index contributed by atoms with van der Waals surface area (Å²) in [7, 11) is 0. The van der Waals surface area contributed by atoms with Crippen LogP contribution in [0.15, 0.2) is 22.9 Å². The maximum Gasteiger partial charge on any atom is 0.268 e. The van der Waals surface area contributed by atoms with Crippen LogP contribution in [-0.4, -0.2) is 15.5 Å². The first-order chi connectivity index (χ1) is 8.97. The van der Waals surface area contributed by atoms with E-state index in [4.69, 9.17) is 10.2 Å². The Bertz CT molecular complexity index is 583. The molecule has 2 aromatic rings. The Kier molecular flexibility index (Phi) is 3.59. The molecule has 0 spiro atoms. The molecule has 6 heteroatoms. The van der Waals surface area contributed by atoms with Crippen LogP contribution < -0.4 is 11.1 Å². The van der Waals surface area contributed by atoms with Crippen LogP contribution in [0.25, 0.3) is 0 Å². The molecule has 0 saturated carbocycles. The SMILES string of the molecule is Cc1cnc(CNC(=O)c2cc(N)cn2C(C)C)o1. The molecule has 2 aromatic heterocycles. The van der Waals surface area contributed by atoms with Gasteiger partial charge < -0.3 is 20.0 Å². The molecule has 6 nitrogen and oxygen atoms in total. The molecule has 0 saturated heterocycles. The number of nitrogens with two attached hydrogens (primary N) is 1. The molecule has 0 fully saturated rings. The molecular formula is C13H18N4O2. The van der Waals surface area contributed by atoms with Crippen LogP contribution in [-0.2, 0) is 6.54 Å². The van der Waals surface area contributed by atoms with Crippen molar-refractivity contribution in [2.45, 2.75) is 33.4 Å². The zero-order valence-electron chi connectivity index (χ0n) is 11.3. The van der Waals surface area contributed by atoms with E-state index < -0.39 is 0 Å². The number of carbonyl (C=O) groups is 1. The number of hydrogen-bond donors (Lipinski definition) is 2. The van der Waals surface area contributed by atoms with Gasteiger partial charge in [0.15, 0.2) is 0 Å². The van der Waals surface area contributed by atoms with E-state index in [9.17, 15) is 4.79 Å². The second-order valence-corrected chi connectivity index (χ2v) is 4.71. The molecule has 0 radical (unpaired) electrons. The van der Waals surface area contributed by atoms with Gasteiger partial charge in [0.25, 0.3) is 5.91 Å². The highest BCUT2D eigenvalue weighted by atomic mass is 16.4. The van der Waals surface area contributed by atoms with Crippen molar-refractivity contribution >= 4 is 11.6 Å². The fourth-order valence-electron chi connectivity index (χ4n) is 1.84. The number of nitrogens with one attached hydrogen (secondary N) is 1. The maximum absolute atomic E-state index is 12.1. The number of amides is 1. The normalized spacial score (nSPS) is 10.9. The van der Waals surface area contributed by atoms with Crippen molar-refractivity contribution in [3.8, 4) is 0 Å². The Hall–Kier alpha value is -2.24. The van der Waals surface area contributed by atoms with E-state index in [0.29, 0.717) is 17.3 Å². The number of aromatic nitrogens is 2. The van der Waals surface area contributed by atoms with Crippen LogP contribution in [0.4, 0.5) is 5.69 Å². The fourth-order valence-corrected chi connectivity index (χ4v) is 1.84. The fraction of sp³-hybridized carbons (Fsp3) is 0.385. The molecule has 3 N–H and O–H groups in total. The number of nitrogen functional groups attached to an aromatic ring is 1. The van der Waals surface area contributed by atoms with Crippen molar-refractivity contribution < 1.29 is 9.21 Å². The van der Waals surface area contributed by atoms with Crippen molar-refractivity contribution in [3.05, 3.63) is 35.8 Å². The van der Waals surface area contributed by atoms with Gasteiger partial charge in [0.05, 0.1) is 18.4 Å². The molecule has 0 aliphatic carbocycles. The predicted molar refractivity (Wildman–Crippen MR) is 71.6 cm³/mol. The van der Waals surface area contributed by atoms with E-state index in [0.717, 1.165) is 5.76 Å². The van der Waals surface area contributed by atoms with Gasteiger partial charge in [-0.1, -0.05) is 0 Å². The summed E-state index contributed by atoms with van der Waals surface area (Å²) < 4.78 is 7.13. The molecule has 0 bridgehead atoms. The summed E-state index contributed by atoms with van der Waals surface area (Å²) in [6.07, 6.45) is 3.38. The molecule has 0 aliphatic heterocycles. The quantitative estimate of drug-likeness (QED) is 0.880. The highest BCUT2D eigenvalue weighted by molar-refractivity contribution is 5.93. The third-order valence-electron chi connectivity index (χ3n) is 2.73. The summed E-state index contributed by atoms with van der Waals surface area (Å²) in [5.74, 6) is 1.02. The van der Waals surface area contributed by atoms with Crippen molar-refractivity contribution in [2.75, 3.05) is 5.73 Å². The topological polar surface area (TPSA) is 86.1 Å². The van der Waals surface area contributed by atoms with Gasteiger partial charge in [-0.15, -0.1) is 0 Å². The smallest absolute Gasteiger partial charge is 0.268 e. The number of aryl methyl sites for hydroxylation is 1. The van der Waals surface area contributed by atoms with Crippen molar-refractivity contribution in [1.82, 2.24) is 14.9 Å². The third kappa shape index (κ3) is 2.96. The molecular weight excluding hydrogens is 244 g/mol. The molecule has 2 heterocycles. The van der Waals surface area contributed by atoms with Gasteiger partial charge in [0.1, 0.15) is 11.5 Å². The van der Waals surface area contributed by atoms with E-state index in [-0.39, 0.29) is 18.5 Å². The Morgan fingerprint density at radius 2 is 2.32 bits per heavy atom. The van der Waals surface area contributed by atoms with Crippen LogP contribution >= 0.6 is 0 Å². The standard InChI is InChI=1S/C13H18N4O2/c1-8(2)17-7-10(14)4-11(17)13(18)16-6-12-15-5-9(3)19-12/h4-5,7-8H,6,14H2,1-3H3,(H,16,18). The number of oxazole rings is 1. The molecule has 19 heavy (non-hydrogen) atoms. The zero-order chi connectivity index (χ0) is 14.0. The zero-order valence-corrected chi connectivity index (χ0v) is 11.3. The second kappa shape index (κ2) is 5.17. The number of nitrogens with zero attached hydrogens (tertiary/aromatic N) is 2. The van der Waals surface area contributed by atoms with E-state index >= 15 is 0 Å². The lowest BCUT2D eigenvalue weighted by molar-refractivity contribution is 0.0936. The molecule has 0 atom stereocenters. The van der Waals surface area contributed by atoms with Crippen molar-refractivity contribution in [3.63, 3.8) is 0 Å². The van der Waals surface area contributed by atoms with Crippen LogP contribution in [0.3, 0.4) is 0 Å². The lowest BCUT2D eigenvalue weighted by Gasteiger charge is -2.12. The van der Waals surface area contributed by atoms with Crippen LogP contribution in [0.5, 0.6) is 0 Å². The van der Waals surface area contributed by atoms with E-state index in [2.05, 4.69) is 10.3 Å². The number of hydrogen-bond acceptors (Lipinski definition) is 4. The Labute approximate surface area is 111 Å². The summed E-state index contributed by atoms with van der Waals surface area (Å²) >= 11 is 0. The first kappa shape index (κ1) is 13.2. The van der Waals surface area contributed by atoms with E-state index in [1.54, 1.807) is 18.5 Å². The Balaban J connectivity index is 2.07. The van der Waals surface area contributed by atoms with Gasteiger partial charge in [0.2, 0.25) is 5.89 Å². The van der Waals surface area contributed by atoms with Crippen LogP contribution in [0.2, 0.25) is 0 Å². The monoisotopic (exact) mass is 262 g/mol. The van der Waals surface area contributed by atoms with Gasteiger partial charge in [-0.2, -0.15) is 0 Å². The highest BCUT2D eigenvalue weighted by Gasteiger charge is 2.15. The van der Waals surface area contributed by atoms with Gasteiger partial charge in [-0.3, -0.25) is 4.79 Å². The van der Waals surface area contributed by atoms with Gasteiger partial charge in [-0.25, -0.2) is 4.98 Å². The minimum atomic E-state index is -0.193. The average Bonchev–Trinajstić information content (AvgIpc) is 2.92. The molecule has 0 unspecified atom stereocenters. The van der Waals surface area contributed by atoms with Crippen LogP contribution in [0, 0.1) is 6.92 Å². The summed E-state index contributed by atoms with van der Waals surface area (Å²) in [6.45, 7) is 6.06. The summed E-state index contributed by atoms with van der Waals surface area (Å²) in [6, 6.07) is 1.83. The second-order valence-electron chi connectivity index (χ2n) is 4.71. The number of rotatable bonds is 4. The maximum atomic E-state index is 12.1. The minimum absolute atomic E-state index is 0.169. The lowest BCUT2D eigenvalue weighted by atomic mass is 10.3. The van der Waals surface area contributed by atoms with Gasteiger partial charge in [0, 0.05) is 12.2 Å². The molecule has 102 valence electrons. The molecule has 0 aliphatic rings. The van der Waals surface area contributed by atoms with Gasteiger partial charge >= 0.3 is 0 Å². The number of carbonyl (C=O) groups excluding carboxylic acids is 1. The largest absolute Gasteiger partial charge is 0.444 e. The Morgan fingerprint density at radius 1 is 1.58 bits per heavy atom. The summed E-state index contributed by atoms with van der Waals surface area (Å²) in [5, 5.41) is 2.77. The molecule has 0 aromatic carbocycles. The first-order valence-corrected chi connectivity index (χ1v) is 6.14. The van der Waals surface area contributed by atoms with Crippen molar-refractivity contribution in [1.29, 1.82) is 0 Å². The summed E-state index contributed by atoms with van der Waals surface area (Å²) in [4.78, 5) is 16.1. The molecule has 2 rings (SSSR count). The first-order valence-electron chi connectivity index (χ1n) is 6.14. The third-order valence-corrected chi connectivity index (χ3v) is 2.73. The van der Waals surface area contributed by atoms with E-state index in [1.165, 1.54) is 0 Å². The lowest BCUT2D eigenvalue weighted by Crippen LogP contribution is -2.25.